The Morgan fingerprint density at radius 3 is 2.05 bits per heavy atom. The molecule has 1 aromatic rings. The first-order chi connectivity index (χ1) is 8.81. The van der Waals surface area contributed by atoms with Crippen LogP contribution in [-0.4, -0.2) is 16.4 Å². The van der Waals surface area contributed by atoms with Gasteiger partial charge in [0.15, 0.2) is 11.5 Å². The lowest BCUT2D eigenvalue weighted by Gasteiger charge is -2.15. The fourth-order valence-corrected chi connectivity index (χ4v) is 2.06. The van der Waals surface area contributed by atoms with Crippen molar-refractivity contribution < 1.29 is 19.7 Å². The molecule has 4 heteroatoms. The average Bonchev–Trinajstić information content (AvgIpc) is 2.26. The van der Waals surface area contributed by atoms with Crippen molar-refractivity contribution in [2.45, 2.75) is 40.5 Å². The van der Waals surface area contributed by atoms with Gasteiger partial charge in [0.1, 0.15) is 0 Å². The lowest BCUT2D eigenvalue weighted by Crippen LogP contribution is -2.08. The van der Waals surface area contributed by atoms with Crippen LogP contribution in [0.15, 0.2) is 12.1 Å². The molecule has 0 aliphatic heterocycles. The predicted octanol–water partition coefficient (Wildman–Crippen LogP) is 3.85. The van der Waals surface area contributed by atoms with Crippen LogP contribution in [0.5, 0.6) is 11.5 Å². The Hall–Kier alpha value is -1.71. The number of aromatic hydroxyl groups is 1. The van der Waals surface area contributed by atoms with Crippen molar-refractivity contribution in [2.24, 2.45) is 11.8 Å². The number of phenols is 1. The second-order valence-corrected chi connectivity index (χ2v) is 5.63. The third kappa shape index (κ3) is 4.47. The van der Waals surface area contributed by atoms with Gasteiger partial charge in [-0.15, -0.1) is 0 Å². The van der Waals surface area contributed by atoms with E-state index < -0.39 is 6.16 Å². The lowest BCUT2D eigenvalue weighted by atomic mass is 9.96. The first-order valence-corrected chi connectivity index (χ1v) is 6.55. The lowest BCUT2D eigenvalue weighted by molar-refractivity contribution is 0.142. The van der Waals surface area contributed by atoms with Gasteiger partial charge in [-0.1, -0.05) is 39.8 Å². The molecule has 0 unspecified atom stereocenters. The number of benzene rings is 1. The molecule has 0 radical (unpaired) electrons. The van der Waals surface area contributed by atoms with E-state index in [0.717, 1.165) is 11.1 Å². The molecule has 0 saturated carbocycles. The first-order valence-electron chi connectivity index (χ1n) is 6.55. The Kier molecular flexibility index (Phi) is 5.21. The maximum absolute atomic E-state index is 10.8. The monoisotopic (exact) mass is 266 g/mol. The van der Waals surface area contributed by atoms with Crippen molar-refractivity contribution in [2.75, 3.05) is 0 Å². The molecule has 0 heterocycles. The summed E-state index contributed by atoms with van der Waals surface area (Å²) in [5, 5.41) is 19.0. The largest absolute Gasteiger partial charge is 0.511 e. The summed E-state index contributed by atoms with van der Waals surface area (Å²) < 4.78 is 4.77. The van der Waals surface area contributed by atoms with E-state index in [2.05, 4.69) is 0 Å². The Balaban J connectivity index is 3.19. The van der Waals surface area contributed by atoms with Crippen molar-refractivity contribution >= 4 is 6.16 Å². The minimum atomic E-state index is -1.40. The van der Waals surface area contributed by atoms with Crippen LogP contribution >= 0.6 is 0 Å². The number of carbonyl (C=O) groups is 1. The molecule has 0 spiro atoms. The maximum atomic E-state index is 10.8. The quantitative estimate of drug-likeness (QED) is 0.627. The van der Waals surface area contributed by atoms with Crippen LogP contribution < -0.4 is 4.74 Å². The Labute approximate surface area is 114 Å². The van der Waals surface area contributed by atoms with E-state index >= 15 is 0 Å². The summed E-state index contributed by atoms with van der Waals surface area (Å²) in [5.41, 5.74) is 1.45. The van der Waals surface area contributed by atoms with E-state index in [1.165, 1.54) is 0 Å². The highest BCUT2D eigenvalue weighted by Crippen LogP contribution is 2.36. The first kappa shape index (κ1) is 15.3. The number of hydrogen-bond donors (Lipinski definition) is 2. The number of hydrogen-bond acceptors (Lipinski definition) is 3. The van der Waals surface area contributed by atoms with Gasteiger partial charge < -0.3 is 14.9 Å². The Morgan fingerprint density at radius 1 is 1.11 bits per heavy atom. The summed E-state index contributed by atoms with van der Waals surface area (Å²) in [6.07, 6.45) is -0.0518. The third-order valence-electron chi connectivity index (χ3n) is 2.74. The van der Waals surface area contributed by atoms with E-state index in [4.69, 9.17) is 9.84 Å². The number of ether oxygens (including phenoxy) is 1. The Bertz CT molecular complexity index is 450. The highest BCUT2D eigenvalue weighted by atomic mass is 16.7. The van der Waals surface area contributed by atoms with Crippen molar-refractivity contribution in [3.63, 3.8) is 0 Å². The fourth-order valence-electron chi connectivity index (χ4n) is 2.06. The van der Waals surface area contributed by atoms with Gasteiger partial charge in [0.05, 0.1) is 0 Å². The van der Waals surface area contributed by atoms with Gasteiger partial charge in [-0.2, -0.15) is 0 Å². The van der Waals surface area contributed by atoms with Gasteiger partial charge in [-0.3, -0.25) is 0 Å². The SMILES string of the molecule is CC(C)Cc1ccc(CC(C)C)c(OC(=O)O)c1O. The summed E-state index contributed by atoms with van der Waals surface area (Å²) in [7, 11) is 0. The molecule has 0 atom stereocenters. The molecule has 0 aromatic heterocycles. The van der Waals surface area contributed by atoms with Gasteiger partial charge in [0, 0.05) is 0 Å². The molecule has 19 heavy (non-hydrogen) atoms. The molecule has 1 rings (SSSR count). The molecule has 0 fully saturated rings. The van der Waals surface area contributed by atoms with Crippen LogP contribution in [0.2, 0.25) is 0 Å². The molecule has 1 aromatic carbocycles. The van der Waals surface area contributed by atoms with Crippen LogP contribution in [0.25, 0.3) is 0 Å². The average molecular weight is 266 g/mol. The zero-order valence-electron chi connectivity index (χ0n) is 11.9. The standard InChI is InChI=1S/C15H22O4/c1-9(2)7-11-5-6-12(8-10(3)4)14(13(11)16)19-15(17)18/h5-6,9-10,16H,7-8H2,1-4H3,(H,17,18). The summed E-state index contributed by atoms with van der Waals surface area (Å²) in [6.45, 7) is 8.14. The predicted molar refractivity (Wildman–Crippen MR) is 73.8 cm³/mol. The van der Waals surface area contributed by atoms with Gasteiger partial charge in [-0.05, 0) is 35.8 Å². The van der Waals surface area contributed by atoms with E-state index in [9.17, 15) is 9.90 Å². The molecule has 0 bridgehead atoms. The molecule has 4 nitrogen and oxygen atoms in total. The summed E-state index contributed by atoms with van der Waals surface area (Å²) in [4.78, 5) is 10.8. The minimum Gasteiger partial charge on any atom is -0.504 e. The van der Waals surface area contributed by atoms with Crippen molar-refractivity contribution in [1.29, 1.82) is 0 Å². The fraction of sp³-hybridized carbons (Fsp3) is 0.533. The highest BCUT2D eigenvalue weighted by Gasteiger charge is 2.18. The van der Waals surface area contributed by atoms with Crippen molar-refractivity contribution in [3.05, 3.63) is 23.3 Å². The topological polar surface area (TPSA) is 66.8 Å². The molecule has 106 valence electrons. The molecule has 2 N–H and O–H groups in total. The molecule has 0 saturated heterocycles. The molecule has 0 aliphatic carbocycles. The van der Waals surface area contributed by atoms with Gasteiger partial charge in [0.2, 0.25) is 0 Å². The van der Waals surface area contributed by atoms with E-state index in [-0.39, 0.29) is 11.5 Å². The summed E-state index contributed by atoms with van der Waals surface area (Å²) >= 11 is 0. The van der Waals surface area contributed by atoms with Gasteiger partial charge in [0.25, 0.3) is 0 Å². The maximum Gasteiger partial charge on any atom is 0.511 e. The second kappa shape index (κ2) is 6.45. The Morgan fingerprint density at radius 2 is 1.58 bits per heavy atom. The molecular weight excluding hydrogens is 244 g/mol. The number of phenolic OH excluding ortho intramolecular Hbond substituents is 1. The number of carboxylic acid groups (broad SMARTS) is 1. The van der Waals surface area contributed by atoms with Gasteiger partial charge >= 0.3 is 6.16 Å². The van der Waals surface area contributed by atoms with E-state index in [1.807, 2.05) is 39.8 Å². The van der Waals surface area contributed by atoms with Gasteiger partial charge in [-0.25, -0.2) is 4.79 Å². The molecule has 0 amide bonds. The van der Waals surface area contributed by atoms with Crippen LogP contribution in [0.4, 0.5) is 4.79 Å². The van der Waals surface area contributed by atoms with Crippen LogP contribution in [0.3, 0.4) is 0 Å². The summed E-state index contributed by atoms with van der Waals surface area (Å²) in [6, 6.07) is 3.69. The van der Waals surface area contributed by atoms with Crippen LogP contribution in [0.1, 0.15) is 38.8 Å². The van der Waals surface area contributed by atoms with Crippen LogP contribution in [-0.2, 0) is 12.8 Å². The van der Waals surface area contributed by atoms with Crippen molar-refractivity contribution in [3.8, 4) is 11.5 Å². The number of rotatable bonds is 5. The second-order valence-electron chi connectivity index (χ2n) is 5.63. The molecular formula is C15H22O4. The highest BCUT2D eigenvalue weighted by molar-refractivity contribution is 5.65. The smallest absolute Gasteiger partial charge is 0.504 e. The minimum absolute atomic E-state index is 0.0470. The third-order valence-corrected chi connectivity index (χ3v) is 2.74. The van der Waals surface area contributed by atoms with E-state index in [1.54, 1.807) is 0 Å². The zero-order valence-corrected chi connectivity index (χ0v) is 11.9. The van der Waals surface area contributed by atoms with E-state index in [0.29, 0.717) is 24.7 Å². The van der Waals surface area contributed by atoms with Crippen LogP contribution in [0, 0.1) is 11.8 Å². The summed E-state index contributed by atoms with van der Waals surface area (Å²) in [5.74, 6) is 0.764. The normalized spacial score (nSPS) is 11.1. The molecule has 0 aliphatic rings. The zero-order chi connectivity index (χ0) is 14.6. The van der Waals surface area contributed by atoms with Crippen molar-refractivity contribution in [1.82, 2.24) is 0 Å².